The quantitative estimate of drug-likeness (QED) is 0.407. The second kappa shape index (κ2) is 8.94. The molecule has 2 aromatic heterocycles. The fraction of sp³-hybridized carbons (Fsp3) is 0.0909. The average Bonchev–Trinajstić information content (AvgIpc) is 3.30. The van der Waals surface area contributed by atoms with E-state index in [0.29, 0.717) is 17.4 Å². The van der Waals surface area contributed by atoms with Gasteiger partial charge in [0.15, 0.2) is 0 Å². The van der Waals surface area contributed by atoms with Gasteiger partial charge in [0.1, 0.15) is 17.9 Å². The van der Waals surface area contributed by atoms with Crippen molar-refractivity contribution in [3.63, 3.8) is 0 Å². The van der Waals surface area contributed by atoms with Crippen molar-refractivity contribution >= 4 is 15.7 Å². The van der Waals surface area contributed by atoms with Crippen LogP contribution in [0.3, 0.4) is 0 Å². The van der Waals surface area contributed by atoms with Crippen molar-refractivity contribution in [2.75, 3.05) is 4.72 Å². The number of aromatic nitrogens is 3. The minimum Gasteiger partial charge on any atom is -0.439 e. The van der Waals surface area contributed by atoms with Crippen LogP contribution in [0.4, 0.5) is 18.9 Å². The number of anilines is 1. The number of ether oxygens (including phenoxy) is 1. The lowest BCUT2D eigenvalue weighted by atomic mass is 10.1. The van der Waals surface area contributed by atoms with E-state index >= 15 is 0 Å². The number of nitrogens with one attached hydrogen (secondary N) is 1. The van der Waals surface area contributed by atoms with E-state index in [1.165, 1.54) is 18.5 Å². The molecule has 1 N–H and O–H groups in total. The summed E-state index contributed by atoms with van der Waals surface area (Å²) in [5, 5.41) is 0. The Morgan fingerprint density at radius 3 is 2.24 bits per heavy atom. The van der Waals surface area contributed by atoms with Crippen molar-refractivity contribution in [1.82, 2.24) is 14.5 Å². The van der Waals surface area contributed by atoms with Crippen LogP contribution < -0.4 is 9.46 Å². The monoisotopic (exact) mass is 474 g/mol. The molecule has 0 bridgehead atoms. The van der Waals surface area contributed by atoms with Crippen molar-refractivity contribution in [2.24, 2.45) is 0 Å². The Labute approximate surface area is 187 Å². The van der Waals surface area contributed by atoms with Crippen LogP contribution in [0.5, 0.6) is 11.6 Å². The molecule has 0 aliphatic heterocycles. The van der Waals surface area contributed by atoms with Crippen LogP contribution in [0.25, 0.3) is 5.82 Å². The molecule has 170 valence electrons. The van der Waals surface area contributed by atoms with Gasteiger partial charge in [0.05, 0.1) is 11.3 Å². The Balaban J connectivity index is 1.39. The van der Waals surface area contributed by atoms with Crippen LogP contribution in [0.15, 0.2) is 85.5 Å². The van der Waals surface area contributed by atoms with Gasteiger partial charge < -0.3 is 9.30 Å². The van der Waals surface area contributed by atoms with Gasteiger partial charge in [-0.2, -0.15) is 13.2 Å². The van der Waals surface area contributed by atoms with Crippen LogP contribution in [-0.2, 0) is 22.0 Å². The second-order valence-electron chi connectivity index (χ2n) is 6.99. The smallest absolute Gasteiger partial charge is 0.416 e. The van der Waals surface area contributed by atoms with E-state index in [0.717, 1.165) is 24.3 Å². The number of hydrogen-bond donors (Lipinski definition) is 1. The lowest BCUT2D eigenvalue weighted by Gasteiger charge is -2.11. The van der Waals surface area contributed by atoms with E-state index in [1.54, 1.807) is 22.8 Å². The van der Waals surface area contributed by atoms with Gasteiger partial charge >= 0.3 is 6.18 Å². The fourth-order valence-electron chi connectivity index (χ4n) is 2.95. The first kappa shape index (κ1) is 22.3. The normalized spacial score (nSPS) is 11.8. The molecular weight excluding hydrogens is 457 g/mol. The van der Waals surface area contributed by atoms with E-state index in [4.69, 9.17) is 4.74 Å². The molecule has 0 aliphatic carbocycles. The summed E-state index contributed by atoms with van der Waals surface area (Å²) in [6, 6.07) is 15.5. The molecular formula is C22H17F3N4O3S. The number of nitrogens with zero attached hydrogens (tertiary/aromatic N) is 3. The van der Waals surface area contributed by atoms with E-state index in [-0.39, 0.29) is 11.3 Å². The number of benzene rings is 2. The van der Waals surface area contributed by atoms with Gasteiger partial charge in [0, 0.05) is 24.1 Å². The molecule has 0 unspecified atom stereocenters. The van der Waals surface area contributed by atoms with Gasteiger partial charge in [-0.25, -0.2) is 18.4 Å². The van der Waals surface area contributed by atoms with Crippen molar-refractivity contribution < 1.29 is 26.3 Å². The Kier molecular flexibility index (Phi) is 6.05. The van der Waals surface area contributed by atoms with Gasteiger partial charge in [-0.3, -0.25) is 4.72 Å². The van der Waals surface area contributed by atoms with Crippen LogP contribution in [0.1, 0.15) is 11.1 Å². The van der Waals surface area contributed by atoms with Crippen molar-refractivity contribution in [3.8, 4) is 17.4 Å². The molecule has 0 saturated carbocycles. The third kappa shape index (κ3) is 5.89. The molecule has 2 heterocycles. The predicted molar refractivity (Wildman–Crippen MR) is 116 cm³/mol. The van der Waals surface area contributed by atoms with Crippen LogP contribution in [0.2, 0.25) is 0 Å². The fourth-order valence-corrected chi connectivity index (χ4v) is 4.15. The molecule has 0 spiro atoms. The van der Waals surface area contributed by atoms with Crippen LogP contribution in [0, 0.1) is 0 Å². The number of sulfonamides is 1. The summed E-state index contributed by atoms with van der Waals surface area (Å²) in [4.78, 5) is 8.23. The second-order valence-corrected chi connectivity index (χ2v) is 8.71. The summed E-state index contributed by atoms with van der Waals surface area (Å²) in [6.07, 6.45) is 0.554. The van der Waals surface area contributed by atoms with Crippen LogP contribution >= 0.6 is 0 Å². The SMILES string of the molecule is O=S(=O)(Cc1ccc(C(F)(F)F)cc1)Nc1ccc(Oc2cc(-n3cccc3)ncn2)cc1. The zero-order valence-corrected chi connectivity index (χ0v) is 17.7. The minimum atomic E-state index is -4.48. The van der Waals surface area contributed by atoms with Gasteiger partial charge in [-0.1, -0.05) is 12.1 Å². The van der Waals surface area contributed by atoms with Gasteiger partial charge in [-0.15, -0.1) is 0 Å². The Hall–Kier alpha value is -3.86. The summed E-state index contributed by atoms with van der Waals surface area (Å²) in [7, 11) is -3.83. The maximum atomic E-state index is 12.7. The average molecular weight is 474 g/mol. The standard InChI is InChI=1S/C22H17F3N4O3S/c23-22(24,25)17-5-3-16(4-6-17)14-33(30,31)28-18-7-9-19(10-8-18)32-21-13-20(26-15-27-21)29-11-1-2-12-29/h1-13,15,28H,14H2. The summed E-state index contributed by atoms with van der Waals surface area (Å²) < 4.78 is 72.6. The highest BCUT2D eigenvalue weighted by Crippen LogP contribution is 2.29. The lowest BCUT2D eigenvalue weighted by molar-refractivity contribution is -0.137. The Morgan fingerprint density at radius 2 is 1.61 bits per heavy atom. The third-order valence-corrected chi connectivity index (χ3v) is 5.74. The van der Waals surface area contributed by atoms with Gasteiger partial charge in [0.25, 0.3) is 0 Å². The summed E-state index contributed by atoms with van der Waals surface area (Å²) >= 11 is 0. The molecule has 0 saturated heterocycles. The number of hydrogen-bond acceptors (Lipinski definition) is 5. The van der Waals surface area contributed by atoms with E-state index in [9.17, 15) is 21.6 Å². The molecule has 4 rings (SSSR count). The van der Waals surface area contributed by atoms with Gasteiger partial charge in [0.2, 0.25) is 15.9 Å². The molecule has 11 heteroatoms. The summed E-state index contributed by atoms with van der Waals surface area (Å²) in [5.74, 6) is 0.895. The summed E-state index contributed by atoms with van der Waals surface area (Å²) in [5.41, 5.74) is -0.320. The van der Waals surface area contributed by atoms with Gasteiger partial charge in [-0.05, 0) is 54.1 Å². The minimum absolute atomic E-state index is 0.234. The molecule has 0 atom stereocenters. The molecule has 0 fully saturated rings. The third-order valence-electron chi connectivity index (χ3n) is 4.48. The first-order chi connectivity index (χ1) is 15.7. The predicted octanol–water partition coefficient (Wildman–Crippen LogP) is 5.02. The zero-order chi connectivity index (χ0) is 23.5. The molecule has 0 radical (unpaired) electrons. The maximum absolute atomic E-state index is 12.7. The van der Waals surface area contributed by atoms with E-state index in [1.807, 2.05) is 24.5 Å². The summed E-state index contributed by atoms with van der Waals surface area (Å²) in [6.45, 7) is 0. The maximum Gasteiger partial charge on any atom is 0.416 e. The first-order valence-corrected chi connectivity index (χ1v) is 11.2. The van der Waals surface area contributed by atoms with Crippen molar-refractivity contribution in [1.29, 1.82) is 0 Å². The lowest BCUT2D eigenvalue weighted by Crippen LogP contribution is -2.15. The molecule has 7 nitrogen and oxygen atoms in total. The van der Waals surface area contributed by atoms with Crippen molar-refractivity contribution in [2.45, 2.75) is 11.9 Å². The largest absolute Gasteiger partial charge is 0.439 e. The molecule has 2 aromatic carbocycles. The molecule has 4 aromatic rings. The highest BCUT2D eigenvalue weighted by Gasteiger charge is 2.30. The highest BCUT2D eigenvalue weighted by molar-refractivity contribution is 7.91. The number of halogens is 3. The Morgan fingerprint density at radius 1 is 0.939 bits per heavy atom. The zero-order valence-electron chi connectivity index (χ0n) is 16.9. The molecule has 33 heavy (non-hydrogen) atoms. The number of rotatable bonds is 7. The molecule has 0 amide bonds. The Bertz CT molecular complexity index is 1320. The van der Waals surface area contributed by atoms with E-state index in [2.05, 4.69) is 14.7 Å². The van der Waals surface area contributed by atoms with Crippen LogP contribution in [-0.4, -0.2) is 23.0 Å². The first-order valence-electron chi connectivity index (χ1n) is 9.58. The van der Waals surface area contributed by atoms with E-state index < -0.39 is 27.5 Å². The number of alkyl halides is 3. The van der Waals surface area contributed by atoms with Crippen molar-refractivity contribution in [3.05, 3.63) is 96.6 Å². The molecule has 0 aliphatic rings. The topological polar surface area (TPSA) is 86.1 Å². The highest BCUT2D eigenvalue weighted by atomic mass is 32.2.